The largest absolute Gasteiger partial charge is 0.473 e. The van der Waals surface area contributed by atoms with Crippen LogP contribution in [-0.4, -0.2) is 40.5 Å². The van der Waals surface area contributed by atoms with Crippen LogP contribution in [0.1, 0.15) is 15.9 Å². The Morgan fingerprint density at radius 3 is 2.17 bits per heavy atom. The molecule has 2 rings (SSSR count). The SMILES string of the molecule is NC(=O)CNCc1cccc(NC(=O)c2ccc(Cl)cc2Cl)c1.O=C(O)C(=O)O. The van der Waals surface area contributed by atoms with Gasteiger partial charge in [0.2, 0.25) is 5.91 Å². The second-order valence-corrected chi connectivity index (χ2v) is 6.30. The molecule has 2 aromatic carbocycles. The Kier molecular flexibility index (Phi) is 9.60. The number of aliphatic carboxylic acids is 2. The summed E-state index contributed by atoms with van der Waals surface area (Å²) in [5.74, 6) is -4.40. The zero-order valence-electron chi connectivity index (χ0n) is 14.8. The molecule has 0 unspecified atom stereocenters. The lowest BCUT2D eigenvalue weighted by atomic mass is 10.1. The van der Waals surface area contributed by atoms with Crippen LogP contribution in [0.3, 0.4) is 0 Å². The van der Waals surface area contributed by atoms with E-state index < -0.39 is 17.8 Å². The van der Waals surface area contributed by atoms with E-state index in [2.05, 4.69) is 10.6 Å². The summed E-state index contributed by atoms with van der Waals surface area (Å²) in [6.45, 7) is 0.561. The predicted molar refractivity (Wildman–Crippen MR) is 107 cm³/mol. The molecule has 0 fully saturated rings. The first-order chi connectivity index (χ1) is 13.6. The summed E-state index contributed by atoms with van der Waals surface area (Å²) in [5, 5.41) is 21.2. The van der Waals surface area contributed by atoms with Crippen molar-refractivity contribution >= 4 is 52.6 Å². The van der Waals surface area contributed by atoms with Crippen LogP contribution in [0.2, 0.25) is 10.0 Å². The first-order valence-corrected chi connectivity index (χ1v) is 8.66. The molecule has 0 atom stereocenters. The molecule has 0 heterocycles. The summed E-state index contributed by atoms with van der Waals surface area (Å²) in [6.07, 6.45) is 0. The van der Waals surface area contributed by atoms with Gasteiger partial charge in [-0.3, -0.25) is 9.59 Å². The minimum absolute atomic E-state index is 0.0942. The maximum atomic E-state index is 12.2. The Morgan fingerprint density at radius 2 is 1.62 bits per heavy atom. The van der Waals surface area contributed by atoms with Crippen LogP contribution in [-0.2, 0) is 20.9 Å². The molecule has 0 bridgehead atoms. The van der Waals surface area contributed by atoms with Gasteiger partial charge in [-0.1, -0.05) is 35.3 Å². The van der Waals surface area contributed by atoms with Gasteiger partial charge in [-0.15, -0.1) is 0 Å². The van der Waals surface area contributed by atoms with Gasteiger partial charge < -0.3 is 26.6 Å². The number of carbonyl (C=O) groups is 4. The first-order valence-electron chi connectivity index (χ1n) is 7.90. The summed E-state index contributed by atoms with van der Waals surface area (Å²) >= 11 is 11.8. The fourth-order valence-electron chi connectivity index (χ4n) is 1.96. The van der Waals surface area contributed by atoms with Gasteiger partial charge in [0.15, 0.2) is 0 Å². The molecule has 9 nitrogen and oxygen atoms in total. The monoisotopic (exact) mass is 441 g/mol. The van der Waals surface area contributed by atoms with Crippen LogP contribution in [0.15, 0.2) is 42.5 Å². The molecule has 0 aliphatic heterocycles. The van der Waals surface area contributed by atoms with Crippen LogP contribution in [0.5, 0.6) is 0 Å². The number of carbonyl (C=O) groups excluding carboxylic acids is 2. The maximum absolute atomic E-state index is 12.2. The van der Waals surface area contributed by atoms with Crippen molar-refractivity contribution in [2.45, 2.75) is 6.54 Å². The summed E-state index contributed by atoms with van der Waals surface area (Å²) in [4.78, 5) is 41.1. The Hall–Kier alpha value is -3.14. The van der Waals surface area contributed by atoms with E-state index in [4.69, 9.17) is 48.7 Å². The molecule has 154 valence electrons. The highest BCUT2D eigenvalue weighted by molar-refractivity contribution is 6.37. The average Bonchev–Trinajstić information content (AvgIpc) is 2.62. The highest BCUT2D eigenvalue weighted by atomic mass is 35.5. The molecule has 11 heteroatoms. The van der Waals surface area contributed by atoms with E-state index in [1.54, 1.807) is 30.3 Å². The Balaban J connectivity index is 0.000000612. The van der Waals surface area contributed by atoms with Gasteiger partial charge in [0, 0.05) is 17.3 Å². The van der Waals surface area contributed by atoms with E-state index in [1.807, 2.05) is 6.07 Å². The molecule has 0 radical (unpaired) electrons. The van der Waals surface area contributed by atoms with Crippen LogP contribution in [0.25, 0.3) is 0 Å². The molecule has 0 aliphatic rings. The molecule has 29 heavy (non-hydrogen) atoms. The van der Waals surface area contributed by atoms with Crippen molar-refractivity contribution in [3.63, 3.8) is 0 Å². The average molecular weight is 442 g/mol. The summed E-state index contributed by atoms with van der Waals surface area (Å²) in [5.41, 5.74) is 6.94. The molecule has 0 saturated heterocycles. The third-order valence-corrected chi connectivity index (χ3v) is 3.72. The standard InChI is InChI=1S/C16H15Cl2N3O2.C2H2O4/c17-11-4-5-13(14(18)7-11)16(23)21-12-3-1-2-10(6-12)8-20-9-15(19)22;3-1(4)2(5)6/h1-7,20H,8-9H2,(H2,19,22)(H,21,23);(H,3,4)(H,5,6). The molecule has 0 spiro atoms. The van der Waals surface area contributed by atoms with Crippen LogP contribution >= 0.6 is 23.2 Å². The summed E-state index contributed by atoms with van der Waals surface area (Å²) < 4.78 is 0. The van der Waals surface area contributed by atoms with Gasteiger partial charge in [-0.05, 0) is 35.9 Å². The number of halogens is 2. The number of amides is 2. The molecular weight excluding hydrogens is 425 g/mol. The van der Waals surface area contributed by atoms with Gasteiger partial charge in [-0.2, -0.15) is 0 Å². The van der Waals surface area contributed by atoms with Gasteiger partial charge in [0.25, 0.3) is 5.91 Å². The van der Waals surface area contributed by atoms with Gasteiger partial charge in [0.05, 0.1) is 17.1 Å². The fraction of sp³-hybridized carbons (Fsp3) is 0.111. The van der Waals surface area contributed by atoms with E-state index >= 15 is 0 Å². The maximum Gasteiger partial charge on any atom is 0.414 e. The fourth-order valence-corrected chi connectivity index (χ4v) is 2.46. The van der Waals surface area contributed by atoms with E-state index in [-0.39, 0.29) is 17.5 Å². The lowest BCUT2D eigenvalue weighted by molar-refractivity contribution is -0.159. The van der Waals surface area contributed by atoms with Crippen LogP contribution in [0.4, 0.5) is 5.69 Å². The lowest BCUT2D eigenvalue weighted by Crippen LogP contribution is -2.28. The minimum Gasteiger partial charge on any atom is -0.473 e. The highest BCUT2D eigenvalue weighted by Gasteiger charge is 2.11. The van der Waals surface area contributed by atoms with E-state index in [0.717, 1.165) is 5.56 Å². The highest BCUT2D eigenvalue weighted by Crippen LogP contribution is 2.22. The molecule has 6 N–H and O–H groups in total. The third-order valence-electron chi connectivity index (χ3n) is 3.17. The van der Waals surface area contributed by atoms with Gasteiger partial charge in [0.1, 0.15) is 0 Å². The van der Waals surface area contributed by atoms with Crippen molar-refractivity contribution in [2.24, 2.45) is 5.73 Å². The second kappa shape index (κ2) is 11.6. The van der Waals surface area contributed by atoms with Crippen molar-refractivity contribution in [1.29, 1.82) is 0 Å². The molecule has 2 amide bonds. The zero-order chi connectivity index (χ0) is 22.0. The minimum atomic E-state index is -1.82. The van der Waals surface area contributed by atoms with Crippen molar-refractivity contribution in [3.8, 4) is 0 Å². The number of carboxylic acid groups (broad SMARTS) is 2. The number of hydrogen-bond acceptors (Lipinski definition) is 5. The quantitative estimate of drug-likeness (QED) is 0.428. The Labute approximate surface area is 175 Å². The number of primary amides is 1. The zero-order valence-corrected chi connectivity index (χ0v) is 16.3. The Morgan fingerprint density at radius 1 is 0.966 bits per heavy atom. The second-order valence-electron chi connectivity index (χ2n) is 5.46. The number of benzene rings is 2. The normalized spacial score (nSPS) is 9.72. The van der Waals surface area contributed by atoms with E-state index in [9.17, 15) is 9.59 Å². The first kappa shape index (κ1) is 23.9. The number of anilines is 1. The number of rotatable bonds is 6. The number of hydrogen-bond donors (Lipinski definition) is 5. The third kappa shape index (κ3) is 9.06. The molecule has 0 aliphatic carbocycles. The molecule has 0 aromatic heterocycles. The van der Waals surface area contributed by atoms with Crippen molar-refractivity contribution in [1.82, 2.24) is 5.32 Å². The molecular formula is C18H17Cl2N3O6. The predicted octanol–water partition coefficient (Wildman–Crippen LogP) is 1.98. The van der Waals surface area contributed by atoms with E-state index in [1.165, 1.54) is 6.07 Å². The smallest absolute Gasteiger partial charge is 0.414 e. The Bertz CT molecular complexity index is 908. The van der Waals surface area contributed by atoms with E-state index in [0.29, 0.717) is 22.8 Å². The topological polar surface area (TPSA) is 159 Å². The number of nitrogens with one attached hydrogen (secondary N) is 2. The lowest BCUT2D eigenvalue weighted by Gasteiger charge is -2.09. The summed E-state index contributed by atoms with van der Waals surface area (Å²) in [6, 6.07) is 11.9. The molecule has 0 saturated carbocycles. The molecule has 2 aromatic rings. The van der Waals surface area contributed by atoms with Crippen LogP contribution < -0.4 is 16.4 Å². The van der Waals surface area contributed by atoms with Crippen LogP contribution in [0, 0.1) is 0 Å². The van der Waals surface area contributed by atoms with Gasteiger partial charge >= 0.3 is 11.9 Å². The summed E-state index contributed by atoms with van der Waals surface area (Å²) in [7, 11) is 0. The van der Waals surface area contributed by atoms with Crippen molar-refractivity contribution < 1.29 is 29.4 Å². The van der Waals surface area contributed by atoms with Crippen molar-refractivity contribution in [2.75, 3.05) is 11.9 Å². The van der Waals surface area contributed by atoms with Gasteiger partial charge in [-0.25, -0.2) is 9.59 Å². The van der Waals surface area contributed by atoms with Crippen molar-refractivity contribution in [3.05, 3.63) is 63.6 Å². The number of carboxylic acids is 2. The number of nitrogens with two attached hydrogens (primary N) is 1.